The van der Waals surface area contributed by atoms with Gasteiger partial charge in [0.1, 0.15) is 5.75 Å². The smallest absolute Gasteiger partial charge is 0.276 e. The number of rotatable bonds is 5. The van der Waals surface area contributed by atoms with E-state index in [0.717, 1.165) is 4.47 Å². The van der Waals surface area contributed by atoms with Crippen LogP contribution in [0.25, 0.3) is 0 Å². The second-order valence-electron chi connectivity index (χ2n) is 4.19. The molecule has 0 bridgehead atoms. The summed E-state index contributed by atoms with van der Waals surface area (Å²) in [4.78, 5) is 2.22. The molecule has 0 spiro atoms. The highest BCUT2D eigenvalue weighted by Crippen LogP contribution is 2.21. The molecule has 0 aliphatic heterocycles. The van der Waals surface area contributed by atoms with Gasteiger partial charge in [-0.05, 0) is 42.5 Å². The van der Waals surface area contributed by atoms with Crippen LogP contribution in [0.3, 0.4) is 0 Å². The molecule has 0 unspecified atom stereocenters. The van der Waals surface area contributed by atoms with Crippen molar-refractivity contribution in [1.82, 2.24) is 4.83 Å². The lowest BCUT2D eigenvalue weighted by atomic mass is 10.2. The Hall–Kier alpha value is -1.57. The van der Waals surface area contributed by atoms with Crippen LogP contribution in [0.15, 0.2) is 56.9 Å². The Morgan fingerprint density at radius 2 is 1.91 bits per heavy atom. The van der Waals surface area contributed by atoms with Gasteiger partial charge in [0.05, 0.1) is 18.2 Å². The van der Waals surface area contributed by atoms with Crippen molar-refractivity contribution < 1.29 is 13.2 Å². The third-order valence-electron chi connectivity index (χ3n) is 2.69. The van der Waals surface area contributed by atoms with Gasteiger partial charge in [-0.25, -0.2) is 4.83 Å². The lowest BCUT2D eigenvalue weighted by molar-refractivity contribution is 0.414. The number of nitrogens with one attached hydrogen (secondary N) is 1. The van der Waals surface area contributed by atoms with Crippen LogP contribution < -0.4 is 9.57 Å². The maximum absolute atomic E-state index is 12.0. The Morgan fingerprint density at radius 1 is 1.23 bits per heavy atom. The quantitative estimate of drug-likeness (QED) is 0.614. The van der Waals surface area contributed by atoms with Crippen LogP contribution >= 0.6 is 27.5 Å². The zero-order valence-corrected chi connectivity index (χ0v) is 14.6. The molecule has 2 aromatic carbocycles. The van der Waals surface area contributed by atoms with Gasteiger partial charge in [0.25, 0.3) is 10.0 Å². The van der Waals surface area contributed by atoms with E-state index in [9.17, 15) is 8.42 Å². The van der Waals surface area contributed by atoms with Crippen molar-refractivity contribution in [1.29, 1.82) is 0 Å². The van der Waals surface area contributed by atoms with Crippen LogP contribution in [0.1, 0.15) is 5.56 Å². The molecule has 116 valence electrons. The highest BCUT2D eigenvalue weighted by atomic mass is 79.9. The Balaban J connectivity index is 2.18. The first-order valence-electron chi connectivity index (χ1n) is 6.06. The van der Waals surface area contributed by atoms with Gasteiger partial charge in [0, 0.05) is 15.1 Å². The molecule has 0 amide bonds. The molecule has 2 aromatic rings. The summed E-state index contributed by atoms with van der Waals surface area (Å²) in [5.41, 5.74) is 0.635. The van der Waals surface area contributed by atoms with E-state index in [-0.39, 0.29) is 4.90 Å². The summed E-state index contributed by atoms with van der Waals surface area (Å²) in [5.74, 6) is 0.581. The fourth-order valence-corrected chi connectivity index (χ4v) is 2.93. The van der Waals surface area contributed by atoms with Gasteiger partial charge in [-0.1, -0.05) is 27.5 Å². The van der Waals surface area contributed by atoms with Crippen molar-refractivity contribution in [2.75, 3.05) is 7.11 Å². The predicted molar refractivity (Wildman–Crippen MR) is 90.1 cm³/mol. The first kappa shape index (κ1) is 16.8. The zero-order chi connectivity index (χ0) is 16.2. The molecular formula is C14H12BrClN2O3S. The Bertz CT molecular complexity index is 792. The number of halogens is 2. The normalized spacial score (nSPS) is 11.6. The molecule has 0 aliphatic rings. The summed E-state index contributed by atoms with van der Waals surface area (Å²) >= 11 is 9.06. The Labute approximate surface area is 142 Å². The molecule has 0 aromatic heterocycles. The summed E-state index contributed by atoms with van der Waals surface area (Å²) in [6, 6.07) is 11.1. The number of hydrazone groups is 1. The molecule has 0 saturated heterocycles. The second kappa shape index (κ2) is 7.13. The van der Waals surface area contributed by atoms with Gasteiger partial charge in [-0.2, -0.15) is 13.5 Å². The highest BCUT2D eigenvalue weighted by molar-refractivity contribution is 9.10. The van der Waals surface area contributed by atoms with E-state index in [2.05, 4.69) is 25.9 Å². The molecular weight excluding hydrogens is 392 g/mol. The number of hydrogen-bond acceptors (Lipinski definition) is 4. The third kappa shape index (κ3) is 4.22. The number of hydrogen-bond donors (Lipinski definition) is 1. The topological polar surface area (TPSA) is 67.8 Å². The molecule has 0 heterocycles. The molecule has 5 nitrogen and oxygen atoms in total. The van der Waals surface area contributed by atoms with Crippen LogP contribution in [-0.2, 0) is 10.0 Å². The zero-order valence-electron chi connectivity index (χ0n) is 11.5. The van der Waals surface area contributed by atoms with Gasteiger partial charge in [0.15, 0.2) is 0 Å². The van der Waals surface area contributed by atoms with E-state index >= 15 is 0 Å². The summed E-state index contributed by atoms with van der Waals surface area (Å²) < 4.78 is 30.1. The van der Waals surface area contributed by atoms with Crippen molar-refractivity contribution in [3.8, 4) is 5.75 Å². The van der Waals surface area contributed by atoms with Crippen LogP contribution in [0.5, 0.6) is 5.75 Å². The third-order valence-corrected chi connectivity index (χ3v) is 4.68. The first-order valence-corrected chi connectivity index (χ1v) is 8.72. The lowest BCUT2D eigenvalue weighted by Gasteiger charge is -2.05. The molecule has 1 N–H and O–H groups in total. The van der Waals surface area contributed by atoms with Crippen molar-refractivity contribution in [2.24, 2.45) is 5.10 Å². The SMILES string of the molecule is COc1ccc(Br)cc1/C=N/NS(=O)(=O)c1ccc(Cl)cc1. The molecule has 0 atom stereocenters. The summed E-state index contributed by atoms with van der Waals surface area (Å²) in [7, 11) is -2.21. The van der Waals surface area contributed by atoms with Crippen LogP contribution in [0.2, 0.25) is 5.02 Å². The minimum absolute atomic E-state index is 0.0789. The summed E-state index contributed by atoms with van der Waals surface area (Å²) in [6.07, 6.45) is 1.37. The minimum atomic E-state index is -3.74. The Kier molecular flexibility index (Phi) is 5.44. The Morgan fingerprint density at radius 3 is 2.55 bits per heavy atom. The molecule has 22 heavy (non-hydrogen) atoms. The van der Waals surface area contributed by atoms with Gasteiger partial charge in [-0.15, -0.1) is 0 Å². The molecule has 0 aliphatic carbocycles. The van der Waals surface area contributed by atoms with Crippen molar-refractivity contribution in [3.05, 3.63) is 57.5 Å². The second-order valence-corrected chi connectivity index (χ2v) is 7.21. The number of methoxy groups -OCH3 is 1. The van der Waals surface area contributed by atoms with E-state index in [1.807, 2.05) is 6.07 Å². The maximum atomic E-state index is 12.0. The summed E-state index contributed by atoms with van der Waals surface area (Å²) in [6.45, 7) is 0. The largest absolute Gasteiger partial charge is 0.496 e. The molecule has 0 radical (unpaired) electrons. The average Bonchev–Trinajstić information content (AvgIpc) is 2.48. The number of nitrogens with zero attached hydrogens (tertiary/aromatic N) is 1. The fourth-order valence-electron chi connectivity index (χ4n) is 1.64. The monoisotopic (exact) mass is 402 g/mol. The standard InChI is InChI=1S/C14H12BrClN2O3S/c1-21-14-7-2-11(15)8-10(14)9-17-18-22(19,20)13-5-3-12(16)4-6-13/h2-9,18H,1H3/b17-9+. The van der Waals surface area contributed by atoms with Gasteiger partial charge < -0.3 is 4.74 Å². The number of sulfonamides is 1. The van der Waals surface area contributed by atoms with Crippen molar-refractivity contribution in [3.63, 3.8) is 0 Å². The summed E-state index contributed by atoms with van der Waals surface area (Å²) in [5, 5.41) is 4.22. The first-order chi connectivity index (χ1) is 10.4. The minimum Gasteiger partial charge on any atom is -0.496 e. The lowest BCUT2D eigenvalue weighted by Crippen LogP contribution is -2.18. The van der Waals surface area contributed by atoms with E-state index in [1.165, 1.54) is 37.6 Å². The van der Waals surface area contributed by atoms with Gasteiger partial charge >= 0.3 is 0 Å². The van der Waals surface area contributed by atoms with E-state index in [0.29, 0.717) is 16.3 Å². The van der Waals surface area contributed by atoms with Gasteiger partial charge in [0.2, 0.25) is 0 Å². The molecule has 2 rings (SSSR count). The molecule has 0 saturated carbocycles. The van der Waals surface area contributed by atoms with Crippen molar-refractivity contribution >= 4 is 43.8 Å². The van der Waals surface area contributed by atoms with E-state index < -0.39 is 10.0 Å². The highest BCUT2D eigenvalue weighted by Gasteiger charge is 2.12. The number of benzene rings is 2. The van der Waals surface area contributed by atoms with E-state index in [4.69, 9.17) is 16.3 Å². The van der Waals surface area contributed by atoms with Gasteiger partial charge in [-0.3, -0.25) is 0 Å². The van der Waals surface area contributed by atoms with Crippen LogP contribution in [-0.4, -0.2) is 21.7 Å². The van der Waals surface area contributed by atoms with Crippen LogP contribution in [0, 0.1) is 0 Å². The molecule has 8 heteroatoms. The van der Waals surface area contributed by atoms with E-state index in [1.54, 1.807) is 12.1 Å². The number of ether oxygens (including phenoxy) is 1. The molecule has 0 fully saturated rings. The van der Waals surface area contributed by atoms with Crippen LogP contribution in [0.4, 0.5) is 0 Å². The fraction of sp³-hybridized carbons (Fsp3) is 0.0714. The maximum Gasteiger partial charge on any atom is 0.276 e. The van der Waals surface area contributed by atoms with Crippen molar-refractivity contribution in [2.45, 2.75) is 4.90 Å². The predicted octanol–water partition coefficient (Wildman–Crippen LogP) is 3.42. The average molecular weight is 404 g/mol.